The van der Waals surface area contributed by atoms with Gasteiger partial charge in [0.1, 0.15) is 0 Å². The summed E-state index contributed by atoms with van der Waals surface area (Å²) in [7, 11) is -2.93. The Morgan fingerprint density at radius 1 is 0.440 bits per heavy atom. The van der Waals surface area contributed by atoms with E-state index in [2.05, 4.69) is 120 Å². The number of nitrogens with zero attached hydrogens (tertiary/aromatic N) is 4. The van der Waals surface area contributed by atoms with Crippen LogP contribution in [0.15, 0.2) is 170 Å². The summed E-state index contributed by atoms with van der Waals surface area (Å²) in [5, 5.41) is 36.3. The number of aromatic nitrogens is 1. The van der Waals surface area contributed by atoms with E-state index in [4.69, 9.17) is 0 Å². The number of para-hydroxylation sites is 1. The number of fused-ring (bicyclic) bond motifs is 3. The Balaban J connectivity index is 1.36. The fourth-order valence-corrected chi connectivity index (χ4v) is 12.4. The maximum Gasteiger partial charge on any atom is 0.180 e. The summed E-state index contributed by atoms with van der Waals surface area (Å²) in [5.74, 6) is 0. The highest BCUT2D eigenvalue weighted by atomic mass is 28.3. The van der Waals surface area contributed by atoms with E-state index in [0.29, 0.717) is 16.7 Å². The molecule has 0 aliphatic rings. The predicted octanol–water partition coefficient (Wildman–Crippen LogP) is 7.44. The molecule has 0 spiro atoms. The first kappa shape index (κ1) is 30.4. The smallest absolute Gasteiger partial charge is 0.180 e. The van der Waals surface area contributed by atoms with Crippen molar-refractivity contribution < 1.29 is 0 Å². The maximum atomic E-state index is 10.4. The highest BCUT2D eigenvalue weighted by molar-refractivity contribution is 7.20. The van der Waals surface area contributed by atoms with Gasteiger partial charge in [-0.15, -0.1) is 0 Å². The van der Waals surface area contributed by atoms with Crippen LogP contribution in [0, 0.1) is 34.0 Å². The molecule has 4 nitrogen and oxygen atoms in total. The molecule has 0 saturated heterocycles. The van der Waals surface area contributed by atoms with E-state index in [1.165, 1.54) is 15.6 Å². The Kier molecular flexibility index (Phi) is 7.63. The molecule has 8 aromatic rings. The van der Waals surface area contributed by atoms with Gasteiger partial charge < -0.3 is 4.57 Å². The molecule has 50 heavy (non-hydrogen) atoms. The van der Waals surface area contributed by atoms with Crippen molar-refractivity contribution in [2.24, 2.45) is 0 Å². The molecule has 0 radical (unpaired) electrons. The highest BCUT2D eigenvalue weighted by Crippen LogP contribution is 2.37. The molecule has 232 valence electrons. The maximum absolute atomic E-state index is 10.4. The minimum absolute atomic E-state index is 0.574. The zero-order chi connectivity index (χ0) is 34.1. The third-order valence-corrected chi connectivity index (χ3v) is 14.5. The minimum atomic E-state index is -2.93. The van der Waals surface area contributed by atoms with Crippen LogP contribution in [0.3, 0.4) is 0 Å². The molecule has 0 amide bonds. The second-order valence-electron chi connectivity index (χ2n) is 12.3. The summed E-state index contributed by atoms with van der Waals surface area (Å²) in [6.45, 7) is 0. The lowest BCUT2D eigenvalue weighted by Gasteiger charge is -2.35. The van der Waals surface area contributed by atoms with Crippen molar-refractivity contribution in [2.45, 2.75) is 0 Å². The molecule has 0 bridgehead atoms. The third-order valence-electron chi connectivity index (χ3n) is 9.66. The SMILES string of the molecule is N#Cc1ccc2c(c1)c1cc(C#N)ccc1n2-c1ccccc1-c1ccc([Si](c2ccccc2)(c2ccccc2)c2ccccc2C#N)cc1. The first-order valence-corrected chi connectivity index (χ1v) is 18.4. The largest absolute Gasteiger partial charge is 0.309 e. The van der Waals surface area contributed by atoms with Crippen molar-refractivity contribution in [3.63, 3.8) is 0 Å². The fourth-order valence-electron chi connectivity index (χ4n) is 7.48. The van der Waals surface area contributed by atoms with Crippen LogP contribution in [0.1, 0.15) is 16.7 Å². The van der Waals surface area contributed by atoms with Gasteiger partial charge in [0, 0.05) is 16.3 Å². The average Bonchev–Trinajstić information content (AvgIpc) is 3.52. The van der Waals surface area contributed by atoms with Crippen molar-refractivity contribution in [1.29, 1.82) is 15.8 Å². The van der Waals surface area contributed by atoms with Gasteiger partial charge in [-0.2, -0.15) is 15.8 Å². The van der Waals surface area contributed by atoms with Crippen LogP contribution in [-0.4, -0.2) is 12.6 Å². The molecule has 8 rings (SSSR count). The number of rotatable bonds is 6. The van der Waals surface area contributed by atoms with Crippen LogP contribution in [0.4, 0.5) is 0 Å². The van der Waals surface area contributed by atoms with Crippen molar-refractivity contribution in [2.75, 3.05) is 0 Å². The molecule has 0 atom stereocenters. The zero-order valence-corrected chi connectivity index (χ0v) is 28.0. The molecule has 0 aliphatic carbocycles. The van der Waals surface area contributed by atoms with Gasteiger partial charge in [-0.1, -0.05) is 121 Å². The van der Waals surface area contributed by atoms with Gasteiger partial charge in [0.15, 0.2) is 8.07 Å². The van der Waals surface area contributed by atoms with Crippen molar-refractivity contribution in [1.82, 2.24) is 4.57 Å². The standard InChI is InChI=1S/C45H28N4Si/c46-29-32-19-25-43-40(27-32)41-28-33(30-47)20-26-44(41)49(43)42-17-9-8-16-39(42)34-21-23-38(24-22-34)50(36-12-3-1-4-13-36,37-14-5-2-6-15-37)45-18-10-7-11-35(45)31-48/h1-28H. The lowest BCUT2D eigenvalue weighted by atomic mass is 10.0. The van der Waals surface area contributed by atoms with E-state index in [9.17, 15) is 15.8 Å². The van der Waals surface area contributed by atoms with Gasteiger partial charge in [0.25, 0.3) is 0 Å². The van der Waals surface area contributed by atoms with E-state index in [0.717, 1.165) is 43.8 Å². The first-order valence-electron chi connectivity index (χ1n) is 16.4. The monoisotopic (exact) mass is 652 g/mol. The van der Waals surface area contributed by atoms with Crippen molar-refractivity contribution in [3.05, 3.63) is 187 Å². The summed E-state index contributed by atoms with van der Waals surface area (Å²) >= 11 is 0. The molecule has 0 aliphatic heterocycles. The van der Waals surface area contributed by atoms with E-state index < -0.39 is 8.07 Å². The topological polar surface area (TPSA) is 76.3 Å². The summed E-state index contributed by atoms with van der Waals surface area (Å²) in [5.41, 5.74) is 6.87. The predicted molar refractivity (Wildman–Crippen MR) is 204 cm³/mol. The Bertz CT molecular complexity index is 2560. The minimum Gasteiger partial charge on any atom is -0.309 e. The lowest BCUT2D eigenvalue weighted by molar-refractivity contribution is 1.18. The molecule has 0 unspecified atom stereocenters. The third kappa shape index (κ3) is 4.80. The van der Waals surface area contributed by atoms with Crippen LogP contribution in [-0.2, 0) is 0 Å². The van der Waals surface area contributed by atoms with E-state index in [1.54, 1.807) is 0 Å². The molecule has 0 N–H and O–H groups in total. The molecule has 0 saturated carbocycles. The van der Waals surface area contributed by atoms with E-state index in [1.807, 2.05) is 72.8 Å². The van der Waals surface area contributed by atoms with Crippen LogP contribution in [0.2, 0.25) is 0 Å². The van der Waals surface area contributed by atoms with E-state index in [-0.39, 0.29) is 0 Å². The van der Waals surface area contributed by atoms with Crippen molar-refractivity contribution >= 4 is 50.6 Å². The summed E-state index contributed by atoms with van der Waals surface area (Å²) in [4.78, 5) is 0. The van der Waals surface area contributed by atoms with Gasteiger partial charge >= 0.3 is 0 Å². The highest BCUT2D eigenvalue weighted by Gasteiger charge is 2.42. The molecule has 7 aromatic carbocycles. The second-order valence-corrected chi connectivity index (χ2v) is 16.0. The summed E-state index contributed by atoms with van der Waals surface area (Å²) in [6.07, 6.45) is 0. The average molecular weight is 653 g/mol. The number of nitriles is 3. The second kappa shape index (κ2) is 12.6. The Morgan fingerprint density at radius 2 is 0.940 bits per heavy atom. The van der Waals surface area contributed by atoms with E-state index >= 15 is 0 Å². The lowest BCUT2D eigenvalue weighted by Crippen LogP contribution is -2.75. The molecule has 5 heteroatoms. The molecule has 1 heterocycles. The Morgan fingerprint density at radius 3 is 1.50 bits per heavy atom. The summed E-state index contributed by atoms with van der Waals surface area (Å²) < 4.78 is 2.23. The quantitative estimate of drug-likeness (QED) is 0.138. The summed E-state index contributed by atoms with van der Waals surface area (Å²) in [6, 6.07) is 65.1. The van der Waals surface area contributed by atoms with Crippen LogP contribution in [0.5, 0.6) is 0 Å². The van der Waals surface area contributed by atoms with Crippen molar-refractivity contribution in [3.8, 4) is 35.0 Å². The Labute approximate surface area is 291 Å². The van der Waals surface area contributed by atoms with Crippen LogP contribution < -0.4 is 20.7 Å². The fraction of sp³-hybridized carbons (Fsp3) is 0. The zero-order valence-electron chi connectivity index (χ0n) is 27.0. The van der Waals surface area contributed by atoms with Gasteiger partial charge in [-0.25, -0.2) is 0 Å². The Hall–Kier alpha value is -6.97. The number of hydrogen-bond acceptors (Lipinski definition) is 3. The number of hydrogen-bond donors (Lipinski definition) is 0. The molecular weight excluding hydrogens is 625 g/mol. The number of benzene rings is 7. The molecular formula is C45H28N4Si. The first-order chi connectivity index (χ1) is 24.7. The molecule has 0 fully saturated rings. The van der Waals surface area contributed by atoms with Gasteiger partial charge in [0.05, 0.1) is 51.6 Å². The van der Waals surface area contributed by atoms with Crippen LogP contribution >= 0.6 is 0 Å². The normalized spacial score (nSPS) is 11.1. The van der Waals surface area contributed by atoms with Crippen LogP contribution in [0.25, 0.3) is 38.6 Å². The van der Waals surface area contributed by atoms with Gasteiger partial charge in [-0.05, 0) is 74.8 Å². The van der Waals surface area contributed by atoms with Gasteiger partial charge in [0.2, 0.25) is 0 Å². The molecule has 1 aromatic heterocycles. The van der Waals surface area contributed by atoms with Gasteiger partial charge in [-0.3, -0.25) is 0 Å².